The van der Waals surface area contributed by atoms with Gasteiger partial charge in [-0.3, -0.25) is 4.98 Å². The quantitative estimate of drug-likeness (QED) is 0.710. The predicted molar refractivity (Wildman–Crippen MR) is 102 cm³/mol. The van der Waals surface area contributed by atoms with Gasteiger partial charge in [-0.15, -0.1) is 0 Å². The molecule has 0 aliphatic carbocycles. The molecule has 2 aromatic heterocycles. The molecular formula is C20H19N3OS. The zero-order chi connectivity index (χ0) is 17.2. The molecule has 0 radical (unpaired) electrons. The summed E-state index contributed by atoms with van der Waals surface area (Å²) in [5.41, 5.74) is 2.03. The van der Waals surface area contributed by atoms with E-state index in [9.17, 15) is 0 Å². The van der Waals surface area contributed by atoms with Crippen molar-refractivity contribution in [1.29, 1.82) is 0 Å². The molecule has 0 saturated carbocycles. The van der Waals surface area contributed by atoms with Gasteiger partial charge >= 0.3 is 0 Å². The van der Waals surface area contributed by atoms with Crippen LogP contribution >= 0.6 is 12.2 Å². The summed E-state index contributed by atoms with van der Waals surface area (Å²) < 4.78 is 6.22. The van der Waals surface area contributed by atoms with E-state index in [1.807, 2.05) is 66.9 Å². The molecular weight excluding hydrogens is 330 g/mol. The van der Waals surface area contributed by atoms with Gasteiger partial charge in [0, 0.05) is 18.3 Å². The molecule has 126 valence electrons. The van der Waals surface area contributed by atoms with Gasteiger partial charge < -0.3 is 14.6 Å². The highest BCUT2D eigenvalue weighted by Gasteiger charge is 2.40. The molecule has 5 heteroatoms. The van der Waals surface area contributed by atoms with Crippen LogP contribution in [0.5, 0.6) is 0 Å². The van der Waals surface area contributed by atoms with Gasteiger partial charge in [0.15, 0.2) is 5.11 Å². The van der Waals surface area contributed by atoms with Gasteiger partial charge in [-0.1, -0.05) is 36.4 Å². The van der Waals surface area contributed by atoms with Crippen molar-refractivity contribution in [2.45, 2.75) is 19.0 Å². The molecule has 0 bridgehead atoms. The summed E-state index contributed by atoms with van der Waals surface area (Å²) in [6.45, 7) is 2.91. The Morgan fingerprint density at radius 1 is 1.08 bits per heavy atom. The number of rotatable bonds is 4. The van der Waals surface area contributed by atoms with Crippen molar-refractivity contribution >= 4 is 17.3 Å². The monoisotopic (exact) mass is 349 g/mol. The third-order valence-electron chi connectivity index (χ3n) is 4.52. The molecule has 1 N–H and O–H groups in total. The summed E-state index contributed by atoms with van der Waals surface area (Å²) in [6.07, 6.45) is 1.81. The van der Waals surface area contributed by atoms with Crippen molar-refractivity contribution in [3.63, 3.8) is 0 Å². The smallest absolute Gasteiger partial charge is 0.170 e. The minimum atomic E-state index is -0.0246. The minimum Gasteiger partial charge on any atom is -0.459 e. The Morgan fingerprint density at radius 2 is 1.88 bits per heavy atom. The fraction of sp³-hybridized carbons (Fsp3) is 0.200. The van der Waals surface area contributed by atoms with Crippen molar-refractivity contribution < 1.29 is 4.42 Å². The van der Waals surface area contributed by atoms with E-state index >= 15 is 0 Å². The molecule has 4 nitrogen and oxygen atoms in total. The third-order valence-corrected chi connectivity index (χ3v) is 4.87. The van der Waals surface area contributed by atoms with Crippen LogP contribution in [0.3, 0.4) is 0 Å². The van der Waals surface area contributed by atoms with Crippen LogP contribution in [0.4, 0.5) is 0 Å². The molecule has 1 aromatic carbocycles. The number of benzene rings is 1. The first-order chi connectivity index (χ1) is 12.3. The Morgan fingerprint density at radius 3 is 2.60 bits per heavy atom. The van der Waals surface area contributed by atoms with Crippen molar-refractivity contribution in [2.24, 2.45) is 0 Å². The van der Waals surface area contributed by atoms with Gasteiger partial charge in [0.1, 0.15) is 17.6 Å². The van der Waals surface area contributed by atoms with E-state index in [1.165, 1.54) is 0 Å². The molecule has 1 saturated heterocycles. The van der Waals surface area contributed by atoms with Gasteiger partial charge in [0.2, 0.25) is 0 Å². The molecule has 0 amide bonds. The third kappa shape index (κ3) is 2.91. The fourth-order valence-electron chi connectivity index (χ4n) is 3.32. The first kappa shape index (κ1) is 15.8. The fourth-order valence-corrected chi connectivity index (χ4v) is 3.69. The number of hydrogen-bond acceptors (Lipinski definition) is 3. The van der Waals surface area contributed by atoms with E-state index in [2.05, 4.69) is 22.1 Å². The Kier molecular flexibility index (Phi) is 4.24. The highest BCUT2D eigenvalue weighted by molar-refractivity contribution is 7.80. The number of hydrogen-bond donors (Lipinski definition) is 1. The number of pyridine rings is 1. The molecule has 2 atom stereocenters. The normalized spacial score (nSPS) is 19.9. The van der Waals surface area contributed by atoms with Crippen LogP contribution in [0.25, 0.3) is 11.3 Å². The van der Waals surface area contributed by atoms with Crippen LogP contribution in [0.2, 0.25) is 0 Å². The second kappa shape index (κ2) is 6.69. The SMILES string of the molecule is CCN1C(=S)N[C@@H](c2ccccn2)[C@@H]1c1ccc(-c2ccccc2)o1. The standard InChI is InChI=1S/C20H19N3OS/c1-2-23-19(18(22-20(23)25)15-10-6-7-13-21-15)17-12-11-16(24-17)14-8-4-3-5-9-14/h3-13,18-19H,2H2,1H3,(H,22,25)/t18-,19-/m0/s1. The summed E-state index contributed by atoms with van der Waals surface area (Å²) in [7, 11) is 0. The van der Waals surface area contributed by atoms with E-state index in [4.69, 9.17) is 16.6 Å². The number of furan rings is 1. The highest BCUT2D eigenvalue weighted by Crippen LogP contribution is 2.40. The maximum atomic E-state index is 6.22. The zero-order valence-electron chi connectivity index (χ0n) is 13.9. The lowest BCUT2D eigenvalue weighted by Gasteiger charge is -2.24. The van der Waals surface area contributed by atoms with Crippen molar-refractivity contribution in [1.82, 2.24) is 15.2 Å². The number of aromatic nitrogens is 1. The van der Waals surface area contributed by atoms with Gasteiger partial charge in [0.25, 0.3) is 0 Å². The Balaban J connectivity index is 1.73. The molecule has 3 aromatic rings. The molecule has 1 aliphatic rings. The summed E-state index contributed by atoms with van der Waals surface area (Å²) in [6, 6.07) is 20.1. The van der Waals surface area contributed by atoms with Crippen molar-refractivity contribution in [2.75, 3.05) is 6.54 Å². The minimum absolute atomic E-state index is 0.00939. The predicted octanol–water partition coefficient (Wildman–Crippen LogP) is 4.33. The lowest BCUT2D eigenvalue weighted by molar-refractivity contribution is 0.284. The maximum Gasteiger partial charge on any atom is 0.170 e. The van der Waals surface area contributed by atoms with E-state index in [1.54, 1.807) is 0 Å². The van der Waals surface area contributed by atoms with Crippen LogP contribution in [0.1, 0.15) is 30.5 Å². The van der Waals surface area contributed by atoms with Crippen LogP contribution in [0.15, 0.2) is 71.3 Å². The Labute approximate surface area is 152 Å². The molecule has 4 rings (SSSR count). The van der Waals surface area contributed by atoms with Crippen molar-refractivity contribution in [3.05, 3.63) is 78.3 Å². The Hall–Kier alpha value is -2.66. The molecule has 1 fully saturated rings. The maximum absolute atomic E-state index is 6.22. The average Bonchev–Trinajstić information content (AvgIpc) is 3.27. The lowest BCUT2D eigenvalue weighted by Crippen LogP contribution is -2.29. The summed E-state index contributed by atoms with van der Waals surface area (Å²) in [5.74, 6) is 1.76. The summed E-state index contributed by atoms with van der Waals surface area (Å²) in [4.78, 5) is 6.67. The number of nitrogens with one attached hydrogen (secondary N) is 1. The van der Waals surface area contributed by atoms with Crippen molar-refractivity contribution in [3.8, 4) is 11.3 Å². The lowest BCUT2D eigenvalue weighted by atomic mass is 10.0. The van der Waals surface area contributed by atoms with Crippen LogP contribution in [0, 0.1) is 0 Å². The average molecular weight is 349 g/mol. The zero-order valence-corrected chi connectivity index (χ0v) is 14.7. The first-order valence-corrected chi connectivity index (χ1v) is 8.82. The molecule has 3 heterocycles. The van der Waals surface area contributed by atoms with E-state index in [0.29, 0.717) is 0 Å². The van der Waals surface area contributed by atoms with Gasteiger partial charge in [-0.25, -0.2) is 0 Å². The number of likely N-dealkylation sites (N-methyl/N-ethyl adjacent to an activating group) is 1. The topological polar surface area (TPSA) is 41.3 Å². The molecule has 1 aliphatic heterocycles. The molecule has 0 unspecified atom stereocenters. The number of thiocarbonyl (C=S) groups is 1. The van der Waals surface area contributed by atoms with Gasteiger partial charge in [-0.05, 0) is 43.4 Å². The summed E-state index contributed by atoms with van der Waals surface area (Å²) >= 11 is 5.54. The second-order valence-electron chi connectivity index (χ2n) is 5.98. The van der Waals surface area contributed by atoms with E-state index in [-0.39, 0.29) is 12.1 Å². The van der Waals surface area contributed by atoms with Gasteiger partial charge in [0.05, 0.1) is 11.7 Å². The number of nitrogens with zero attached hydrogens (tertiary/aromatic N) is 2. The first-order valence-electron chi connectivity index (χ1n) is 8.41. The van der Waals surface area contributed by atoms with E-state index < -0.39 is 0 Å². The highest BCUT2D eigenvalue weighted by atomic mass is 32.1. The van der Waals surface area contributed by atoms with Crippen LogP contribution < -0.4 is 5.32 Å². The Bertz CT molecular complexity index is 863. The summed E-state index contributed by atoms with van der Waals surface area (Å²) in [5, 5.41) is 4.14. The van der Waals surface area contributed by atoms with Gasteiger partial charge in [-0.2, -0.15) is 0 Å². The largest absolute Gasteiger partial charge is 0.459 e. The molecule has 25 heavy (non-hydrogen) atoms. The molecule has 0 spiro atoms. The van der Waals surface area contributed by atoms with E-state index in [0.717, 1.165) is 34.4 Å². The second-order valence-corrected chi connectivity index (χ2v) is 6.37. The van der Waals surface area contributed by atoms with Crippen LogP contribution in [-0.4, -0.2) is 21.5 Å². The van der Waals surface area contributed by atoms with Crippen LogP contribution in [-0.2, 0) is 0 Å².